The lowest BCUT2D eigenvalue weighted by Gasteiger charge is -2.45. The van der Waals surface area contributed by atoms with E-state index < -0.39 is 0 Å². The van der Waals surface area contributed by atoms with Crippen LogP contribution in [0.5, 0.6) is 0 Å². The van der Waals surface area contributed by atoms with Crippen LogP contribution in [0.25, 0.3) is 0 Å². The summed E-state index contributed by atoms with van der Waals surface area (Å²) in [5.74, 6) is 0.796. The summed E-state index contributed by atoms with van der Waals surface area (Å²) in [5, 5.41) is 3.76. The Hall–Kier alpha value is -0.340. The zero-order valence-corrected chi connectivity index (χ0v) is 11.7. The van der Waals surface area contributed by atoms with Gasteiger partial charge in [0.15, 0.2) is 0 Å². The van der Waals surface area contributed by atoms with Crippen molar-refractivity contribution in [2.24, 2.45) is 5.92 Å². The van der Waals surface area contributed by atoms with Crippen molar-refractivity contribution in [2.75, 3.05) is 13.1 Å². The first-order valence-corrected chi connectivity index (χ1v) is 7.40. The highest BCUT2D eigenvalue weighted by Gasteiger charge is 2.33. The second-order valence-corrected chi connectivity index (χ2v) is 5.76. The standard InChI is InChI=1S/C15H28N2/c1-4-12(3)15-11-17(13(5-2)10-16-15)14-8-6-7-9-14/h6-7,12-16H,4-5,8-11H2,1-3H3. The van der Waals surface area contributed by atoms with Crippen molar-refractivity contribution in [3.8, 4) is 0 Å². The Morgan fingerprint density at radius 1 is 1.29 bits per heavy atom. The van der Waals surface area contributed by atoms with Crippen molar-refractivity contribution in [1.29, 1.82) is 0 Å². The largest absolute Gasteiger partial charge is 0.311 e. The lowest BCUT2D eigenvalue weighted by molar-refractivity contribution is 0.0686. The van der Waals surface area contributed by atoms with E-state index in [0.717, 1.165) is 18.0 Å². The molecule has 0 aromatic heterocycles. The van der Waals surface area contributed by atoms with Crippen LogP contribution in [0.3, 0.4) is 0 Å². The minimum atomic E-state index is 0.698. The molecule has 2 aliphatic rings. The second kappa shape index (κ2) is 6.01. The summed E-state index contributed by atoms with van der Waals surface area (Å²) < 4.78 is 0. The molecular weight excluding hydrogens is 208 g/mol. The Bertz CT molecular complexity index is 252. The average molecular weight is 236 g/mol. The highest BCUT2D eigenvalue weighted by atomic mass is 15.3. The normalized spacial score (nSPS) is 33.1. The summed E-state index contributed by atoms with van der Waals surface area (Å²) >= 11 is 0. The van der Waals surface area contributed by atoms with Gasteiger partial charge in [-0.15, -0.1) is 0 Å². The van der Waals surface area contributed by atoms with Crippen LogP contribution in [0.2, 0.25) is 0 Å². The van der Waals surface area contributed by atoms with E-state index in [1.54, 1.807) is 0 Å². The van der Waals surface area contributed by atoms with Gasteiger partial charge in [-0.25, -0.2) is 0 Å². The molecule has 0 aromatic carbocycles. The molecule has 0 amide bonds. The fourth-order valence-corrected chi connectivity index (χ4v) is 3.21. The lowest BCUT2D eigenvalue weighted by Crippen LogP contribution is -2.60. The molecular formula is C15H28N2. The molecule has 1 aliphatic carbocycles. The summed E-state index contributed by atoms with van der Waals surface area (Å²) in [6, 6.07) is 2.23. The van der Waals surface area contributed by atoms with Gasteiger partial charge in [-0.3, -0.25) is 4.90 Å². The highest BCUT2D eigenvalue weighted by molar-refractivity contribution is 5.02. The first kappa shape index (κ1) is 13.1. The van der Waals surface area contributed by atoms with Crippen LogP contribution >= 0.6 is 0 Å². The predicted octanol–water partition coefficient (Wildman–Crippen LogP) is 2.80. The predicted molar refractivity (Wildman–Crippen MR) is 74.2 cm³/mol. The quantitative estimate of drug-likeness (QED) is 0.755. The Morgan fingerprint density at radius 3 is 2.59 bits per heavy atom. The number of nitrogens with zero attached hydrogens (tertiary/aromatic N) is 1. The van der Waals surface area contributed by atoms with E-state index in [0.29, 0.717) is 6.04 Å². The van der Waals surface area contributed by atoms with Gasteiger partial charge in [-0.1, -0.05) is 39.3 Å². The van der Waals surface area contributed by atoms with E-state index >= 15 is 0 Å². The van der Waals surface area contributed by atoms with Gasteiger partial charge >= 0.3 is 0 Å². The monoisotopic (exact) mass is 236 g/mol. The van der Waals surface area contributed by atoms with Crippen LogP contribution in [0.15, 0.2) is 12.2 Å². The lowest BCUT2D eigenvalue weighted by atomic mass is 9.93. The summed E-state index contributed by atoms with van der Waals surface area (Å²) in [4.78, 5) is 2.79. The van der Waals surface area contributed by atoms with E-state index in [1.165, 1.54) is 38.8 Å². The smallest absolute Gasteiger partial charge is 0.0221 e. The zero-order chi connectivity index (χ0) is 12.3. The maximum Gasteiger partial charge on any atom is 0.0221 e. The van der Waals surface area contributed by atoms with Gasteiger partial charge in [0.2, 0.25) is 0 Å². The molecule has 17 heavy (non-hydrogen) atoms. The summed E-state index contributed by atoms with van der Waals surface area (Å²) in [5.41, 5.74) is 0. The summed E-state index contributed by atoms with van der Waals surface area (Å²) in [7, 11) is 0. The number of hydrogen-bond donors (Lipinski definition) is 1. The Morgan fingerprint density at radius 2 is 2.00 bits per heavy atom. The second-order valence-electron chi connectivity index (χ2n) is 5.76. The van der Waals surface area contributed by atoms with Gasteiger partial charge in [0.25, 0.3) is 0 Å². The number of nitrogens with one attached hydrogen (secondary N) is 1. The molecule has 2 nitrogen and oxygen atoms in total. The van der Waals surface area contributed by atoms with E-state index in [1.807, 2.05) is 0 Å². The molecule has 1 aliphatic heterocycles. The third-order valence-corrected chi connectivity index (χ3v) is 4.75. The molecule has 3 unspecified atom stereocenters. The molecule has 0 bridgehead atoms. The third-order valence-electron chi connectivity index (χ3n) is 4.75. The zero-order valence-electron chi connectivity index (χ0n) is 11.7. The van der Waals surface area contributed by atoms with Crippen LogP contribution in [-0.4, -0.2) is 36.1 Å². The minimum Gasteiger partial charge on any atom is -0.311 e. The number of hydrogen-bond acceptors (Lipinski definition) is 2. The van der Waals surface area contributed by atoms with Crippen molar-refractivity contribution in [3.05, 3.63) is 12.2 Å². The average Bonchev–Trinajstić information content (AvgIpc) is 2.90. The van der Waals surface area contributed by atoms with Crippen molar-refractivity contribution in [1.82, 2.24) is 10.2 Å². The third kappa shape index (κ3) is 2.92. The van der Waals surface area contributed by atoms with E-state index in [2.05, 4.69) is 43.1 Å². The number of piperazine rings is 1. The van der Waals surface area contributed by atoms with Crippen molar-refractivity contribution in [2.45, 2.75) is 64.6 Å². The van der Waals surface area contributed by atoms with Crippen LogP contribution in [0, 0.1) is 5.92 Å². The van der Waals surface area contributed by atoms with Crippen LogP contribution in [-0.2, 0) is 0 Å². The molecule has 98 valence electrons. The van der Waals surface area contributed by atoms with Crippen molar-refractivity contribution >= 4 is 0 Å². The van der Waals surface area contributed by atoms with Gasteiger partial charge in [0, 0.05) is 31.2 Å². The molecule has 0 spiro atoms. The van der Waals surface area contributed by atoms with Gasteiger partial charge in [0.1, 0.15) is 0 Å². The first-order chi connectivity index (χ1) is 8.26. The Labute approximate surface area is 106 Å². The van der Waals surface area contributed by atoms with Gasteiger partial charge in [0.05, 0.1) is 0 Å². The molecule has 0 radical (unpaired) electrons. The fraction of sp³-hybridized carbons (Fsp3) is 0.867. The molecule has 1 N–H and O–H groups in total. The van der Waals surface area contributed by atoms with Crippen LogP contribution in [0.1, 0.15) is 46.5 Å². The topological polar surface area (TPSA) is 15.3 Å². The highest BCUT2D eigenvalue weighted by Crippen LogP contribution is 2.25. The molecule has 2 rings (SSSR count). The van der Waals surface area contributed by atoms with E-state index in [-0.39, 0.29) is 0 Å². The molecule has 1 saturated heterocycles. The van der Waals surface area contributed by atoms with E-state index in [4.69, 9.17) is 0 Å². The summed E-state index contributed by atoms with van der Waals surface area (Å²) in [6.45, 7) is 9.45. The van der Waals surface area contributed by atoms with Crippen LogP contribution < -0.4 is 5.32 Å². The van der Waals surface area contributed by atoms with Crippen LogP contribution in [0.4, 0.5) is 0 Å². The molecule has 0 aromatic rings. The molecule has 2 heteroatoms. The van der Waals surface area contributed by atoms with Gasteiger partial charge < -0.3 is 5.32 Å². The van der Waals surface area contributed by atoms with Crippen molar-refractivity contribution in [3.63, 3.8) is 0 Å². The minimum absolute atomic E-state index is 0.698. The number of rotatable bonds is 4. The van der Waals surface area contributed by atoms with Gasteiger partial charge in [-0.2, -0.15) is 0 Å². The fourth-order valence-electron chi connectivity index (χ4n) is 3.21. The molecule has 1 fully saturated rings. The molecule has 0 saturated carbocycles. The maximum atomic E-state index is 3.76. The summed E-state index contributed by atoms with van der Waals surface area (Å²) in [6.07, 6.45) is 9.81. The molecule has 1 heterocycles. The Balaban J connectivity index is 1.98. The van der Waals surface area contributed by atoms with Gasteiger partial charge in [-0.05, 0) is 25.2 Å². The first-order valence-electron chi connectivity index (χ1n) is 7.40. The Kier molecular flexibility index (Phi) is 4.63. The van der Waals surface area contributed by atoms with Crippen molar-refractivity contribution < 1.29 is 0 Å². The molecule has 3 atom stereocenters. The van der Waals surface area contributed by atoms with E-state index in [9.17, 15) is 0 Å². The SMILES string of the molecule is CCC(C)C1CN(C2CC=CC2)C(CC)CN1. The maximum absolute atomic E-state index is 3.76.